The Hall–Kier alpha value is -3.52. The van der Waals surface area contributed by atoms with Crippen molar-refractivity contribution in [2.75, 3.05) is 0 Å². The molecule has 0 unspecified atom stereocenters. The third-order valence-corrected chi connectivity index (χ3v) is 5.09. The minimum atomic E-state index is -0.545. The lowest BCUT2D eigenvalue weighted by molar-refractivity contribution is -0.384. The Labute approximate surface area is 168 Å². The lowest BCUT2D eigenvalue weighted by Gasteiger charge is -2.10. The van der Waals surface area contributed by atoms with Gasteiger partial charge in [-0.2, -0.15) is 0 Å². The Balaban J connectivity index is 1.85. The van der Waals surface area contributed by atoms with Crippen molar-refractivity contribution in [2.24, 2.45) is 0 Å². The number of fused-ring (bicyclic) bond motifs is 2. The van der Waals surface area contributed by atoms with Gasteiger partial charge in [0.2, 0.25) is 0 Å². The fourth-order valence-corrected chi connectivity index (χ4v) is 3.54. The van der Waals surface area contributed by atoms with Crippen molar-refractivity contribution in [3.8, 4) is 0 Å². The van der Waals surface area contributed by atoms with Crippen LogP contribution in [0.5, 0.6) is 0 Å². The van der Waals surface area contributed by atoms with Crippen molar-refractivity contribution in [2.45, 2.75) is 19.9 Å². The number of nitro benzene ring substituents is 1. The summed E-state index contributed by atoms with van der Waals surface area (Å²) >= 11 is 6.31. The molecule has 0 aliphatic rings. The number of hydrogen-bond donors (Lipinski definition) is 0. The van der Waals surface area contributed by atoms with Crippen molar-refractivity contribution in [1.82, 2.24) is 9.55 Å². The third-order valence-electron chi connectivity index (χ3n) is 4.74. The van der Waals surface area contributed by atoms with Gasteiger partial charge in [0.05, 0.1) is 28.7 Å². The summed E-state index contributed by atoms with van der Waals surface area (Å²) in [6.07, 6.45) is 1.99. The van der Waals surface area contributed by atoms with Gasteiger partial charge in [0.15, 0.2) is 0 Å². The van der Waals surface area contributed by atoms with Crippen LogP contribution in [0.4, 0.5) is 5.69 Å². The fourth-order valence-electron chi connectivity index (χ4n) is 3.25. The summed E-state index contributed by atoms with van der Waals surface area (Å²) in [4.78, 5) is 39.4. The summed E-state index contributed by atoms with van der Waals surface area (Å²) in [6.45, 7) is 2.02. The van der Waals surface area contributed by atoms with Gasteiger partial charge in [-0.15, -0.1) is 0 Å². The molecule has 2 aromatic heterocycles. The summed E-state index contributed by atoms with van der Waals surface area (Å²) in [5.41, 5.74) is 0.989. The zero-order valence-electron chi connectivity index (χ0n) is 15.2. The van der Waals surface area contributed by atoms with Crippen molar-refractivity contribution in [1.29, 1.82) is 0 Å². The van der Waals surface area contributed by atoms with E-state index in [4.69, 9.17) is 16.0 Å². The molecule has 0 aliphatic heterocycles. The van der Waals surface area contributed by atoms with E-state index in [0.29, 0.717) is 28.0 Å². The van der Waals surface area contributed by atoms with Gasteiger partial charge in [0.25, 0.3) is 11.2 Å². The second-order valence-corrected chi connectivity index (χ2v) is 6.93. The summed E-state index contributed by atoms with van der Waals surface area (Å²) in [5.74, 6) is 0. The van der Waals surface area contributed by atoms with Gasteiger partial charge in [-0.1, -0.05) is 18.5 Å². The van der Waals surface area contributed by atoms with Crippen LogP contribution < -0.4 is 11.2 Å². The number of halogens is 1. The Morgan fingerprint density at radius 3 is 2.66 bits per heavy atom. The zero-order valence-corrected chi connectivity index (χ0v) is 16.0. The Kier molecular flexibility index (Phi) is 4.63. The van der Waals surface area contributed by atoms with Crippen LogP contribution in [-0.2, 0) is 13.0 Å². The summed E-state index contributed by atoms with van der Waals surface area (Å²) in [6, 6.07) is 8.64. The first kappa shape index (κ1) is 18.8. The largest absolute Gasteiger partial charge is 0.423 e. The first-order valence-corrected chi connectivity index (χ1v) is 9.14. The molecule has 4 aromatic rings. The fraction of sp³-hybridized carbons (Fsp3) is 0.150. The van der Waals surface area contributed by atoms with E-state index in [1.165, 1.54) is 35.2 Å². The Bertz CT molecular complexity index is 1410. The summed E-state index contributed by atoms with van der Waals surface area (Å²) < 4.78 is 6.63. The predicted octanol–water partition coefficient (Wildman–Crippen LogP) is 3.68. The van der Waals surface area contributed by atoms with Crippen LogP contribution in [0.2, 0.25) is 5.02 Å². The van der Waals surface area contributed by atoms with Crippen LogP contribution in [0.25, 0.3) is 21.9 Å². The molecule has 0 fully saturated rings. The Morgan fingerprint density at radius 2 is 1.93 bits per heavy atom. The molecular weight excluding hydrogens is 398 g/mol. The topological polar surface area (TPSA) is 108 Å². The van der Waals surface area contributed by atoms with Crippen LogP contribution in [-0.4, -0.2) is 14.5 Å². The van der Waals surface area contributed by atoms with Crippen LogP contribution in [0.3, 0.4) is 0 Å². The molecule has 0 atom stereocenters. The lowest BCUT2D eigenvalue weighted by atomic mass is 10.1. The maximum atomic E-state index is 12.8. The second-order valence-electron chi connectivity index (χ2n) is 6.52. The molecule has 0 radical (unpaired) electrons. The van der Waals surface area contributed by atoms with Crippen molar-refractivity contribution in [3.05, 3.63) is 89.8 Å². The summed E-state index contributed by atoms with van der Waals surface area (Å²) in [5, 5.41) is 12.3. The molecular formula is C20H14ClN3O5. The standard InChI is InChI=1S/C20H14ClN3O5/c1-2-11-5-18-15(8-16(11)21)12(6-19(25)29-18)9-23-10-22-17-7-13(24(27)28)3-4-14(17)20(23)26/h3-8,10H,2,9H2,1H3. The van der Waals surface area contributed by atoms with Gasteiger partial charge in [0.1, 0.15) is 5.58 Å². The highest BCUT2D eigenvalue weighted by Gasteiger charge is 2.13. The van der Waals surface area contributed by atoms with Gasteiger partial charge in [-0.05, 0) is 35.7 Å². The highest BCUT2D eigenvalue weighted by molar-refractivity contribution is 6.32. The first-order valence-electron chi connectivity index (χ1n) is 8.76. The zero-order chi connectivity index (χ0) is 20.7. The Morgan fingerprint density at radius 1 is 1.14 bits per heavy atom. The molecule has 0 bridgehead atoms. The second kappa shape index (κ2) is 7.14. The highest BCUT2D eigenvalue weighted by atomic mass is 35.5. The van der Waals surface area contributed by atoms with E-state index >= 15 is 0 Å². The quantitative estimate of drug-likeness (QED) is 0.288. The van der Waals surface area contributed by atoms with Crippen molar-refractivity contribution < 1.29 is 9.34 Å². The first-order chi connectivity index (χ1) is 13.9. The molecule has 0 amide bonds. The number of aromatic nitrogens is 2. The highest BCUT2D eigenvalue weighted by Crippen LogP contribution is 2.26. The molecule has 0 N–H and O–H groups in total. The third kappa shape index (κ3) is 3.38. The van der Waals surface area contributed by atoms with Crippen molar-refractivity contribution >= 4 is 39.2 Å². The molecule has 8 nitrogen and oxygen atoms in total. The molecule has 0 spiro atoms. The van der Waals surface area contributed by atoms with E-state index in [1.54, 1.807) is 12.1 Å². The van der Waals surface area contributed by atoms with Gasteiger partial charge in [-0.25, -0.2) is 9.78 Å². The van der Waals surface area contributed by atoms with Gasteiger partial charge < -0.3 is 4.42 Å². The van der Waals surface area contributed by atoms with E-state index in [1.807, 2.05) is 6.92 Å². The molecule has 146 valence electrons. The van der Waals surface area contributed by atoms with Crippen LogP contribution in [0, 0.1) is 10.1 Å². The monoisotopic (exact) mass is 411 g/mol. The molecule has 0 saturated carbocycles. The van der Waals surface area contributed by atoms with E-state index in [0.717, 1.165) is 5.56 Å². The number of non-ortho nitro benzene ring substituents is 1. The molecule has 29 heavy (non-hydrogen) atoms. The number of rotatable bonds is 4. The molecule has 2 aromatic carbocycles. The molecule has 2 heterocycles. The van der Waals surface area contributed by atoms with Crippen LogP contribution in [0.1, 0.15) is 18.1 Å². The number of nitro groups is 1. The van der Waals surface area contributed by atoms with E-state index in [-0.39, 0.29) is 28.7 Å². The summed E-state index contributed by atoms with van der Waals surface area (Å²) in [7, 11) is 0. The number of aryl methyl sites for hydroxylation is 1. The lowest BCUT2D eigenvalue weighted by Crippen LogP contribution is -2.22. The van der Waals surface area contributed by atoms with Gasteiger partial charge in [0, 0.05) is 28.6 Å². The maximum absolute atomic E-state index is 12.8. The molecule has 0 saturated heterocycles. The van der Waals surface area contributed by atoms with E-state index in [2.05, 4.69) is 4.98 Å². The van der Waals surface area contributed by atoms with E-state index < -0.39 is 10.5 Å². The normalized spacial score (nSPS) is 11.2. The van der Waals surface area contributed by atoms with Crippen LogP contribution in [0.15, 0.2) is 56.7 Å². The number of nitrogens with zero attached hydrogens (tertiary/aromatic N) is 3. The predicted molar refractivity (Wildman–Crippen MR) is 109 cm³/mol. The minimum absolute atomic E-state index is 0.0721. The van der Waals surface area contributed by atoms with Crippen LogP contribution >= 0.6 is 11.6 Å². The SMILES string of the molecule is CCc1cc2oc(=O)cc(Cn3cnc4cc([N+](=O)[O-])ccc4c3=O)c2cc1Cl. The van der Waals surface area contributed by atoms with Crippen molar-refractivity contribution in [3.63, 3.8) is 0 Å². The molecule has 9 heteroatoms. The van der Waals surface area contributed by atoms with Gasteiger partial charge >= 0.3 is 5.63 Å². The molecule has 4 rings (SSSR count). The molecule has 0 aliphatic carbocycles. The average Bonchev–Trinajstić information content (AvgIpc) is 2.69. The number of hydrogen-bond acceptors (Lipinski definition) is 6. The number of benzene rings is 2. The maximum Gasteiger partial charge on any atom is 0.336 e. The smallest absolute Gasteiger partial charge is 0.336 e. The average molecular weight is 412 g/mol. The van der Waals surface area contributed by atoms with E-state index in [9.17, 15) is 19.7 Å². The minimum Gasteiger partial charge on any atom is -0.423 e. The van der Waals surface area contributed by atoms with Gasteiger partial charge in [-0.3, -0.25) is 19.5 Å².